The zero-order valence-corrected chi connectivity index (χ0v) is 23.8. The standard InChI is InChI=1S/C15H22N2O2.C13H17FN2OS.CH4/c1-11-6-8-12(9-7-11)17(5)14(19)10-13(18)16-15(2,3)4;1-13(2,3)16-12(18)15-11(17)8-9-5-4-6-10(14)7-9;/h6-9H,10H2,1-5H3,(H,16,18);4-7H,8H2,1-3H3,(H2,15,16,17,18);1H4. The highest BCUT2D eigenvalue weighted by Gasteiger charge is 2.19. The summed E-state index contributed by atoms with van der Waals surface area (Å²) in [5.41, 5.74) is 2.02. The highest BCUT2D eigenvalue weighted by Crippen LogP contribution is 2.14. The molecule has 0 heterocycles. The Balaban J connectivity index is 0.000000703. The quantitative estimate of drug-likeness (QED) is 0.360. The van der Waals surface area contributed by atoms with E-state index in [0.29, 0.717) is 5.56 Å². The van der Waals surface area contributed by atoms with E-state index in [9.17, 15) is 18.8 Å². The monoisotopic (exact) mass is 546 g/mol. The fraction of sp³-hybridized carbons (Fsp3) is 0.448. The van der Waals surface area contributed by atoms with Gasteiger partial charge in [0.2, 0.25) is 17.7 Å². The molecule has 0 aliphatic carbocycles. The molecule has 0 aromatic heterocycles. The van der Waals surface area contributed by atoms with Gasteiger partial charge in [-0.2, -0.15) is 0 Å². The van der Waals surface area contributed by atoms with Crippen LogP contribution in [0.5, 0.6) is 0 Å². The van der Waals surface area contributed by atoms with Gasteiger partial charge in [0.15, 0.2) is 5.11 Å². The summed E-state index contributed by atoms with van der Waals surface area (Å²) in [7, 11) is 1.68. The van der Waals surface area contributed by atoms with E-state index in [0.717, 1.165) is 11.3 Å². The van der Waals surface area contributed by atoms with Crippen LogP contribution in [0.1, 0.15) is 66.5 Å². The van der Waals surface area contributed by atoms with Crippen molar-refractivity contribution in [3.05, 3.63) is 65.5 Å². The van der Waals surface area contributed by atoms with Gasteiger partial charge in [0.25, 0.3) is 0 Å². The van der Waals surface area contributed by atoms with Crippen molar-refractivity contribution >= 4 is 40.7 Å². The Bertz CT molecular complexity index is 1090. The first-order valence-electron chi connectivity index (χ1n) is 12.0. The van der Waals surface area contributed by atoms with E-state index in [1.165, 1.54) is 17.0 Å². The summed E-state index contributed by atoms with van der Waals surface area (Å²) in [6.45, 7) is 13.5. The van der Waals surface area contributed by atoms with Crippen LogP contribution in [0.3, 0.4) is 0 Å². The van der Waals surface area contributed by atoms with Gasteiger partial charge < -0.3 is 20.9 Å². The number of aryl methyl sites for hydroxylation is 1. The third-order valence-corrected chi connectivity index (χ3v) is 4.82. The number of anilines is 1. The Morgan fingerprint density at radius 2 is 1.45 bits per heavy atom. The molecule has 0 saturated carbocycles. The van der Waals surface area contributed by atoms with Crippen molar-refractivity contribution in [1.82, 2.24) is 16.0 Å². The molecule has 7 nitrogen and oxygen atoms in total. The van der Waals surface area contributed by atoms with E-state index < -0.39 is 0 Å². The average molecular weight is 547 g/mol. The molecule has 0 fully saturated rings. The van der Waals surface area contributed by atoms with Crippen LogP contribution in [0.2, 0.25) is 0 Å². The Morgan fingerprint density at radius 3 is 1.95 bits per heavy atom. The van der Waals surface area contributed by atoms with E-state index in [1.807, 2.05) is 72.7 Å². The summed E-state index contributed by atoms with van der Waals surface area (Å²) in [6, 6.07) is 13.6. The van der Waals surface area contributed by atoms with Gasteiger partial charge in [-0.25, -0.2) is 4.39 Å². The van der Waals surface area contributed by atoms with Gasteiger partial charge in [0.05, 0.1) is 6.42 Å². The minimum atomic E-state index is -0.351. The number of rotatable bonds is 5. The number of amides is 3. The smallest absolute Gasteiger partial charge is 0.236 e. The van der Waals surface area contributed by atoms with Crippen LogP contribution in [0.4, 0.5) is 10.1 Å². The molecule has 3 amide bonds. The number of hydrogen-bond acceptors (Lipinski definition) is 4. The van der Waals surface area contributed by atoms with Gasteiger partial charge >= 0.3 is 0 Å². The first-order valence-corrected chi connectivity index (χ1v) is 12.4. The predicted octanol–water partition coefficient (Wildman–Crippen LogP) is 5.06. The Kier molecular flexibility index (Phi) is 13.8. The third kappa shape index (κ3) is 15.0. The van der Waals surface area contributed by atoms with E-state index in [1.54, 1.807) is 19.2 Å². The fourth-order valence-electron chi connectivity index (χ4n) is 3.01. The second-order valence-electron chi connectivity index (χ2n) is 10.8. The molecule has 9 heteroatoms. The molecule has 38 heavy (non-hydrogen) atoms. The first-order chi connectivity index (χ1) is 16.9. The largest absolute Gasteiger partial charge is 0.358 e. The fourth-order valence-corrected chi connectivity index (χ4v) is 3.43. The summed E-state index contributed by atoms with van der Waals surface area (Å²) >= 11 is 5.00. The van der Waals surface area contributed by atoms with Crippen LogP contribution in [0.15, 0.2) is 48.5 Å². The Hall–Kier alpha value is -3.33. The molecule has 0 atom stereocenters. The molecule has 2 aromatic carbocycles. The van der Waals surface area contributed by atoms with Crippen molar-refractivity contribution in [3.8, 4) is 0 Å². The molecule has 2 rings (SSSR count). The van der Waals surface area contributed by atoms with Crippen molar-refractivity contribution in [1.29, 1.82) is 0 Å². The molecule has 0 aliphatic rings. The molecule has 3 N–H and O–H groups in total. The molecule has 0 spiro atoms. The van der Waals surface area contributed by atoms with Crippen LogP contribution in [-0.4, -0.2) is 41.0 Å². The molecule has 0 radical (unpaired) electrons. The predicted molar refractivity (Wildman–Crippen MR) is 158 cm³/mol. The Morgan fingerprint density at radius 1 is 0.895 bits per heavy atom. The number of hydrogen-bond donors (Lipinski definition) is 3. The topological polar surface area (TPSA) is 90.5 Å². The molecule has 210 valence electrons. The SMILES string of the molecule is C.CC(C)(C)NC(=S)NC(=O)Cc1cccc(F)c1.Cc1ccc(N(C)C(=O)CC(=O)NC(C)(C)C)cc1. The van der Waals surface area contributed by atoms with Crippen molar-refractivity contribution in [2.45, 2.75) is 79.8 Å². The summed E-state index contributed by atoms with van der Waals surface area (Å²) in [5.74, 6) is -1.08. The van der Waals surface area contributed by atoms with E-state index >= 15 is 0 Å². The molecule has 0 unspecified atom stereocenters. The first kappa shape index (κ1) is 34.7. The van der Waals surface area contributed by atoms with Gasteiger partial charge in [-0.1, -0.05) is 37.3 Å². The van der Waals surface area contributed by atoms with Gasteiger partial charge in [-0.05, 0) is 90.5 Å². The summed E-state index contributed by atoms with van der Waals surface area (Å²) in [4.78, 5) is 36.9. The number of halogens is 1. The number of carbonyl (C=O) groups is 3. The van der Waals surface area contributed by atoms with E-state index in [4.69, 9.17) is 12.2 Å². The number of benzene rings is 2. The van der Waals surface area contributed by atoms with Crippen molar-refractivity contribution in [2.24, 2.45) is 0 Å². The summed E-state index contributed by atoms with van der Waals surface area (Å²) in [6.07, 6.45) is -0.0363. The minimum Gasteiger partial charge on any atom is -0.358 e. The molecular formula is C29H43FN4O3S. The van der Waals surface area contributed by atoms with E-state index in [-0.39, 0.29) is 60.0 Å². The van der Waals surface area contributed by atoms with Gasteiger partial charge in [0, 0.05) is 23.8 Å². The lowest BCUT2D eigenvalue weighted by Gasteiger charge is -2.22. The van der Waals surface area contributed by atoms with Crippen molar-refractivity contribution in [3.63, 3.8) is 0 Å². The van der Waals surface area contributed by atoms with Crippen LogP contribution in [0.25, 0.3) is 0 Å². The van der Waals surface area contributed by atoms with Crippen molar-refractivity contribution < 1.29 is 18.8 Å². The minimum absolute atomic E-state index is 0. The molecule has 0 aliphatic heterocycles. The lowest BCUT2D eigenvalue weighted by Crippen LogP contribution is -2.48. The van der Waals surface area contributed by atoms with Crippen LogP contribution in [0, 0.1) is 12.7 Å². The maximum atomic E-state index is 12.9. The third-order valence-electron chi connectivity index (χ3n) is 4.62. The van der Waals surface area contributed by atoms with Crippen LogP contribution < -0.4 is 20.9 Å². The zero-order chi connectivity index (χ0) is 28.4. The second kappa shape index (κ2) is 15.2. The molecule has 2 aromatic rings. The Labute approximate surface area is 232 Å². The van der Waals surface area contributed by atoms with Gasteiger partial charge in [0.1, 0.15) is 12.2 Å². The summed E-state index contributed by atoms with van der Waals surface area (Å²) < 4.78 is 12.9. The van der Waals surface area contributed by atoms with Crippen molar-refractivity contribution in [2.75, 3.05) is 11.9 Å². The zero-order valence-electron chi connectivity index (χ0n) is 23.0. The lowest BCUT2D eigenvalue weighted by atomic mass is 10.1. The number of carbonyl (C=O) groups excluding carboxylic acids is 3. The molecular weight excluding hydrogens is 503 g/mol. The average Bonchev–Trinajstić information content (AvgIpc) is 2.71. The molecule has 0 saturated heterocycles. The van der Waals surface area contributed by atoms with Gasteiger partial charge in [-0.3, -0.25) is 14.4 Å². The van der Waals surface area contributed by atoms with Crippen LogP contribution in [-0.2, 0) is 20.8 Å². The summed E-state index contributed by atoms with van der Waals surface area (Å²) in [5, 5.41) is 8.60. The van der Waals surface area contributed by atoms with E-state index in [2.05, 4.69) is 16.0 Å². The van der Waals surface area contributed by atoms with Gasteiger partial charge in [-0.15, -0.1) is 0 Å². The lowest BCUT2D eigenvalue weighted by molar-refractivity contribution is -0.128. The number of nitrogens with zero attached hydrogens (tertiary/aromatic N) is 1. The maximum Gasteiger partial charge on any atom is 0.236 e. The number of nitrogens with one attached hydrogen (secondary N) is 3. The highest BCUT2D eigenvalue weighted by atomic mass is 32.1. The normalized spacial score (nSPS) is 10.7. The number of thiocarbonyl (C=S) groups is 1. The highest BCUT2D eigenvalue weighted by molar-refractivity contribution is 7.80. The second-order valence-corrected chi connectivity index (χ2v) is 11.2. The molecule has 0 bridgehead atoms. The van der Waals surface area contributed by atoms with Crippen LogP contribution >= 0.6 is 12.2 Å². The maximum absolute atomic E-state index is 12.9.